The average Bonchev–Trinajstić information content (AvgIpc) is 3.56. The third kappa shape index (κ3) is 5.31. The summed E-state index contributed by atoms with van der Waals surface area (Å²) >= 11 is 0. The summed E-state index contributed by atoms with van der Waals surface area (Å²) in [4.78, 5) is 30.2. The number of benzene rings is 1. The molecule has 1 amide bonds. The lowest BCUT2D eigenvalue weighted by Gasteiger charge is -2.30. The van der Waals surface area contributed by atoms with E-state index in [9.17, 15) is 9.18 Å². The smallest absolute Gasteiger partial charge is 0.290 e. The standard InChI is InChI=1S/C24H26FN5O.CH2O2/c25-21-7-1-5-18(13-21)23-22-17-28(10-4-12-29-11-3-9-27-29)15-20(22)16-30(23)24(31)19-6-2-8-26-14-19;2-1-3/h1-3,5-9,11,13-14,20,22-23H,4,10,12,15-17H2;1H,(H,2,3)/t20-,22-,23+;/m0./s1. The molecule has 0 spiro atoms. The maximum atomic E-state index is 14.1. The molecular weight excluding hydrogens is 437 g/mol. The Morgan fingerprint density at radius 1 is 1.12 bits per heavy atom. The molecule has 5 rings (SSSR count). The van der Waals surface area contributed by atoms with Gasteiger partial charge in [-0.25, -0.2) is 4.39 Å². The quantitative estimate of drug-likeness (QED) is 0.563. The number of aryl methyl sites for hydroxylation is 1. The van der Waals surface area contributed by atoms with Crippen LogP contribution < -0.4 is 0 Å². The molecule has 2 aromatic heterocycles. The Labute approximate surface area is 197 Å². The fourth-order valence-electron chi connectivity index (χ4n) is 5.19. The lowest BCUT2D eigenvalue weighted by atomic mass is 9.89. The van der Waals surface area contributed by atoms with Gasteiger partial charge in [-0.05, 0) is 54.8 Å². The maximum Gasteiger partial charge on any atom is 0.290 e. The highest BCUT2D eigenvalue weighted by Crippen LogP contribution is 2.45. The Bertz CT molecular complexity index is 1080. The van der Waals surface area contributed by atoms with Crippen molar-refractivity contribution in [3.63, 3.8) is 0 Å². The van der Waals surface area contributed by atoms with Crippen molar-refractivity contribution >= 4 is 12.4 Å². The molecule has 0 unspecified atom stereocenters. The van der Waals surface area contributed by atoms with Crippen LogP contribution in [0.15, 0.2) is 67.3 Å². The number of aromatic nitrogens is 3. The third-order valence-electron chi connectivity index (χ3n) is 6.52. The maximum absolute atomic E-state index is 14.1. The van der Waals surface area contributed by atoms with Crippen molar-refractivity contribution in [2.75, 3.05) is 26.2 Å². The third-order valence-corrected chi connectivity index (χ3v) is 6.52. The molecule has 34 heavy (non-hydrogen) atoms. The number of hydrogen-bond donors (Lipinski definition) is 1. The first-order valence-corrected chi connectivity index (χ1v) is 11.3. The molecule has 2 aliphatic rings. The zero-order valence-electron chi connectivity index (χ0n) is 18.8. The van der Waals surface area contributed by atoms with Crippen LogP contribution in [0.2, 0.25) is 0 Å². The summed E-state index contributed by atoms with van der Waals surface area (Å²) in [6, 6.07) is 12.1. The SMILES string of the molecule is O=C(c1cccnc1)N1C[C@@H]2CN(CCCn3cccn3)C[C@@H]2[C@H]1c1cccc(F)c1.O=CO. The lowest BCUT2D eigenvalue weighted by Crippen LogP contribution is -2.36. The van der Waals surface area contributed by atoms with Crippen molar-refractivity contribution in [3.8, 4) is 0 Å². The van der Waals surface area contributed by atoms with E-state index in [1.807, 2.05) is 27.9 Å². The van der Waals surface area contributed by atoms with Crippen LogP contribution in [0.5, 0.6) is 0 Å². The van der Waals surface area contributed by atoms with Gasteiger partial charge in [-0.1, -0.05) is 12.1 Å². The van der Waals surface area contributed by atoms with Crippen LogP contribution in [-0.2, 0) is 11.3 Å². The number of pyridine rings is 1. The van der Waals surface area contributed by atoms with E-state index in [-0.39, 0.29) is 24.2 Å². The van der Waals surface area contributed by atoms with Crippen LogP contribution in [0.4, 0.5) is 4.39 Å². The van der Waals surface area contributed by atoms with E-state index >= 15 is 0 Å². The summed E-state index contributed by atoms with van der Waals surface area (Å²) in [5.41, 5.74) is 1.46. The molecule has 3 aromatic rings. The van der Waals surface area contributed by atoms with Gasteiger partial charge in [0.2, 0.25) is 0 Å². The molecule has 0 bridgehead atoms. The second kappa shape index (κ2) is 11.0. The number of rotatable bonds is 6. The predicted octanol–water partition coefficient (Wildman–Crippen LogP) is 2.95. The average molecular weight is 466 g/mol. The largest absolute Gasteiger partial charge is 0.483 e. The zero-order chi connectivity index (χ0) is 23.9. The number of nitrogens with zero attached hydrogens (tertiary/aromatic N) is 5. The van der Waals surface area contributed by atoms with E-state index in [2.05, 4.69) is 15.0 Å². The molecule has 0 radical (unpaired) electrons. The summed E-state index contributed by atoms with van der Waals surface area (Å²) in [6.45, 7) is 4.22. The Morgan fingerprint density at radius 3 is 2.68 bits per heavy atom. The number of hydrogen-bond acceptors (Lipinski definition) is 5. The Hall–Kier alpha value is -3.59. The topological polar surface area (TPSA) is 91.6 Å². The molecule has 3 atom stereocenters. The van der Waals surface area contributed by atoms with E-state index < -0.39 is 0 Å². The summed E-state index contributed by atoms with van der Waals surface area (Å²) in [5, 5.41) is 11.2. The van der Waals surface area contributed by atoms with E-state index in [4.69, 9.17) is 9.90 Å². The van der Waals surface area contributed by atoms with Crippen LogP contribution in [-0.4, -0.2) is 68.2 Å². The van der Waals surface area contributed by atoms with Gasteiger partial charge < -0.3 is 14.9 Å². The molecule has 1 aromatic carbocycles. The van der Waals surface area contributed by atoms with Crippen molar-refractivity contribution in [2.24, 2.45) is 11.8 Å². The van der Waals surface area contributed by atoms with E-state index in [0.29, 0.717) is 23.9 Å². The van der Waals surface area contributed by atoms with Crippen molar-refractivity contribution in [1.29, 1.82) is 0 Å². The van der Waals surface area contributed by atoms with Gasteiger partial charge in [0, 0.05) is 56.9 Å². The van der Waals surface area contributed by atoms with Gasteiger partial charge in [-0.3, -0.25) is 19.3 Å². The number of likely N-dealkylation sites (tertiary alicyclic amines) is 2. The lowest BCUT2D eigenvalue weighted by molar-refractivity contribution is -0.122. The van der Waals surface area contributed by atoms with Crippen molar-refractivity contribution in [2.45, 2.75) is 19.0 Å². The van der Waals surface area contributed by atoms with Gasteiger partial charge in [0.1, 0.15) is 5.82 Å². The molecular formula is C25H28FN5O3. The van der Waals surface area contributed by atoms with Crippen LogP contribution in [0.1, 0.15) is 28.4 Å². The fraction of sp³-hybridized carbons (Fsp3) is 0.360. The second-order valence-electron chi connectivity index (χ2n) is 8.61. The number of carbonyl (C=O) groups excluding carboxylic acids is 1. The monoisotopic (exact) mass is 465 g/mol. The second-order valence-corrected chi connectivity index (χ2v) is 8.61. The number of amides is 1. The normalized spacial score (nSPS) is 21.6. The predicted molar refractivity (Wildman–Crippen MR) is 123 cm³/mol. The molecule has 8 nitrogen and oxygen atoms in total. The van der Waals surface area contributed by atoms with Crippen LogP contribution >= 0.6 is 0 Å². The van der Waals surface area contributed by atoms with Gasteiger partial charge >= 0.3 is 0 Å². The Morgan fingerprint density at radius 2 is 1.97 bits per heavy atom. The first-order chi connectivity index (χ1) is 16.6. The summed E-state index contributed by atoms with van der Waals surface area (Å²) in [6.07, 6.45) is 8.10. The van der Waals surface area contributed by atoms with Gasteiger partial charge in [0.15, 0.2) is 0 Å². The minimum absolute atomic E-state index is 0.0259. The minimum Gasteiger partial charge on any atom is -0.483 e. The summed E-state index contributed by atoms with van der Waals surface area (Å²) < 4.78 is 16.0. The molecule has 1 N–H and O–H groups in total. The van der Waals surface area contributed by atoms with Crippen LogP contribution in [0, 0.1) is 17.7 Å². The molecule has 0 saturated carbocycles. The Balaban J connectivity index is 0.000000868. The first kappa shape index (κ1) is 23.6. The molecule has 2 saturated heterocycles. The van der Waals surface area contributed by atoms with Crippen LogP contribution in [0.25, 0.3) is 0 Å². The molecule has 0 aliphatic carbocycles. The highest BCUT2D eigenvalue weighted by atomic mass is 19.1. The molecule has 2 fully saturated rings. The van der Waals surface area contributed by atoms with E-state index in [1.54, 1.807) is 42.9 Å². The summed E-state index contributed by atoms with van der Waals surface area (Å²) in [7, 11) is 0. The number of halogens is 1. The number of carbonyl (C=O) groups is 2. The first-order valence-electron chi connectivity index (χ1n) is 11.3. The molecule has 178 valence electrons. The number of fused-ring (bicyclic) bond motifs is 1. The molecule has 9 heteroatoms. The van der Waals surface area contributed by atoms with Crippen molar-refractivity contribution < 1.29 is 19.1 Å². The molecule has 4 heterocycles. The fourth-order valence-corrected chi connectivity index (χ4v) is 5.19. The van der Waals surface area contributed by atoms with E-state index in [0.717, 1.165) is 38.2 Å². The van der Waals surface area contributed by atoms with Crippen LogP contribution in [0.3, 0.4) is 0 Å². The minimum atomic E-state index is -0.260. The number of carboxylic acid groups (broad SMARTS) is 1. The zero-order valence-corrected chi connectivity index (χ0v) is 18.8. The summed E-state index contributed by atoms with van der Waals surface area (Å²) in [5.74, 6) is 0.400. The van der Waals surface area contributed by atoms with Gasteiger partial charge in [-0.2, -0.15) is 5.10 Å². The van der Waals surface area contributed by atoms with Gasteiger partial charge in [0.25, 0.3) is 12.4 Å². The van der Waals surface area contributed by atoms with Crippen molar-refractivity contribution in [1.82, 2.24) is 24.6 Å². The highest BCUT2D eigenvalue weighted by Gasteiger charge is 2.49. The van der Waals surface area contributed by atoms with Gasteiger partial charge in [0.05, 0.1) is 11.6 Å². The van der Waals surface area contributed by atoms with Crippen molar-refractivity contribution in [3.05, 3.63) is 84.2 Å². The Kier molecular flexibility index (Phi) is 7.64. The van der Waals surface area contributed by atoms with Gasteiger partial charge in [-0.15, -0.1) is 0 Å². The molecule has 2 aliphatic heterocycles. The van der Waals surface area contributed by atoms with E-state index in [1.165, 1.54) is 6.07 Å². The highest BCUT2D eigenvalue weighted by molar-refractivity contribution is 5.94.